The van der Waals surface area contributed by atoms with Gasteiger partial charge in [0, 0.05) is 41.5 Å². The van der Waals surface area contributed by atoms with E-state index in [1.807, 2.05) is 37.3 Å². The second-order valence-corrected chi connectivity index (χ2v) is 8.87. The molecule has 0 saturated carbocycles. The number of carbonyl (C=O) groups excluding carboxylic acids is 1. The summed E-state index contributed by atoms with van der Waals surface area (Å²) < 4.78 is 5.84. The number of nitrogens with one attached hydrogen (secondary N) is 1. The van der Waals surface area contributed by atoms with Crippen LogP contribution in [0, 0.1) is 6.92 Å². The lowest BCUT2D eigenvalue weighted by Crippen LogP contribution is -2.35. The van der Waals surface area contributed by atoms with Crippen molar-refractivity contribution in [3.8, 4) is 11.5 Å². The predicted octanol–water partition coefficient (Wildman–Crippen LogP) is 5.25. The number of likely N-dealkylation sites (N-methyl/N-ethyl adjacent to an activating group) is 1. The summed E-state index contributed by atoms with van der Waals surface area (Å²) >= 11 is 3.26. The largest absolute Gasteiger partial charge is 0.441 e. The van der Waals surface area contributed by atoms with Gasteiger partial charge in [0.25, 0.3) is 0 Å². The van der Waals surface area contributed by atoms with Crippen LogP contribution in [-0.4, -0.2) is 42.5 Å². The maximum absolute atomic E-state index is 12.2. The average molecular weight is 456 g/mol. The number of nitrogens with zero attached hydrogens (tertiary/aromatic N) is 2. The van der Waals surface area contributed by atoms with E-state index in [1.54, 1.807) is 23.5 Å². The highest BCUT2D eigenvalue weighted by atomic mass is 32.2. The number of benzene rings is 2. The van der Waals surface area contributed by atoms with Gasteiger partial charge in [0.2, 0.25) is 11.8 Å². The lowest BCUT2D eigenvalue weighted by Gasteiger charge is -2.23. The summed E-state index contributed by atoms with van der Waals surface area (Å²) in [5.74, 6) is 2.53. The lowest BCUT2D eigenvalue weighted by molar-refractivity contribution is -0.118. The maximum Gasteiger partial charge on any atom is 0.230 e. The van der Waals surface area contributed by atoms with E-state index >= 15 is 0 Å². The van der Waals surface area contributed by atoms with Crippen LogP contribution in [0.4, 0.5) is 5.69 Å². The minimum absolute atomic E-state index is 0.0446. The smallest absolute Gasteiger partial charge is 0.230 e. The summed E-state index contributed by atoms with van der Waals surface area (Å²) in [6.07, 6.45) is 2.05. The van der Waals surface area contributed by atoms with Crippen molar-refractivity contribution >= 4 is 35.1 Å². The highest BCUT2D eigenvalue weighted by molar-refractivity contribution is 7.99. The minimum Gasteiger partial charge on any atom is -0.441 e. The number of carbonyl (C=O) groups is 1. The number of anilines is 1. The molecular weight excluding hydrogens is 426 g/mol. The molecule has 0 aliphatic carbocycles. The van der Waals surface area contributed by atoms with Gasteiger partial charge in [-0.1, -0.05) is 18.2 Å². The first-order valence-corrected chi connectivity index (χ1v) is 12.7. The Balaban J connectivity index is 1.42. The Morgan fingerprint density at radius 1 is 1.13 bits per heavy atom. The highest BCUT2D eigenvalue weighted by Gasteiger charge is 2.12. The van der Waals surface area contributed by atoms with E-state index in [9.17, 15) is 4.79 Å². The van der Waals surface area contributed by atoms with Crippen molar-refractivity contribution < 1.29 is 9.21 Å². The minimum atomic E-state index is 0.0446. The Labute approximate surface area is 193 Å². The molecule has 3 rings (SSSR count). The first-order valence-electron chi connectivity index (χ1n) is 10.4. The Bertz CT molecular complexity index is 959. The van der Waals surface area contributed by atoms with Gasteiger partial charge < -0.3 is 14.6 Å². The summed E-state index contributed by atoms with van der Waals surface area (Å²) in [4.78, 5) is 20.3. The van der Waals surface area contributed by atoms with Crippen molar-refractivity contribution in [2.45, 2.75) is 24.5 Å². The zero-order valence-corrected chi connectivity index (χ0v) is 19.9. The number of amides is 1. The second kappa shape index (κ2) is 11.9. The van der Waals surface area contributed by atoms with Gasteiger partial charge in [-0.25, -0.2) is 4.98 Å². The predicted molar refractivity (Wildman–Crippen MR) is 132 cm³/mol. The van der Waals surface area contributed by atoms with E-state index in [2.05, 4.69) is 52.6 Å². The number of aryl methyl sites for hydroxylation is 1. The van der Waals surface area contributed by atoms with Gasteiger partial charge in [0.1, 0.15) is 5.76 Å². The summed E-state index contributed by atoms with van der Waals surface area (Å²) in [5.41, 5.74) is 3.03. The molecule has 1 heterocycles. The van der Waals surface area contributed by atoms with Crippen molar-refractivity contribution in [1.29, 1.82) is 0 Å². The van der Waals surface area contributed by atoms with Gasteiger partial charge in [-0.2, -0.15) is 0 Å². The third kappa shape index (κ3) is 6.80. The first-order chi connectivity index (χ1) is 15.1. The molecule has 0 fully saturated rings. The molecule has 3 aromatic rings. The number of oxazole rings is 1. The molecule has 1 aromatic heterocycles. The van der Waals surface area contributed by atoms with Gasteiger partial charge in [-0.15, -0.1) is 23.5 Å². The SMILES string of the molecule is CCN(CCNC(=O)CSCc1nc(-c2ccc(SC)cc2)oc1C)c1ccccc1. The van der Waals surface area contributed by atoms with Gasteiger partial charge >= 0.3 is 0 Å². The van der Waals surface area contributed by atoms with Crippen molar-refractivity contribution in [2.24, 2.45) is 0 Å². The standard InChI is InChI=1S/C24H29N3O2S2/c1-4-27(20-8-6-5-7-9-20)15-14-25-23(28)17-31-16-22-18(2)29-24(26-22)19-10-12-21(30-3)13-11-19/h5-13H,4,14-17H2,1-3H3,(H,25,28). The molecule has 5 nitrogen and oxygen atoms in total. The van der Waals surface area contributed by atoms with Gasteiger partial charge in [0.05, 0.1) is 11.4 Å². The summed E-state index contributed by atoms with van der Waals surface area (Å²) in [7, 11) is 0. The molecule has 1 amide bonds. The van der Waals surface area contributed by atoms with Crippen LogP contribution in [0.15, 0.2) is 63.9 Å². The molecule has 0 saturated heterocycles. The number of thioether (sulfide) groups is 2. The quantitative estimate of drug-likeness (QED) is 0.399. The van der Waals surface area contributed by atoms with Crippen LogP contribution in [0.25, 0.3) is 11.5 Å². The molecule has 0 unspecified atom stereocenters. The molecule has 0 aliphatic heterocycles. The third-order valence-electron chi connectivity index (χ3n) is 4.91. The van der Waals surface area contributed by atoms with Crippen molar-refractivity contribution in [3.63, 3.8) is 0 Å². The molecule has 2 aromatic carbocycles. The molecular formula is C24H29N3O2S2. The van der Waals surface area contributed by atoms with Crippen LogP contribution in [-0.2, 0) is 10.5 Å². The third-order valence-corrected chi connectivity index (χ3v) is 6.60. The van der Waals surface area contributed by atoms with Gasteiger partial charge in [0.15, 0.2) is 0 Å². The maximum atomic E-state index is 12.2. The number of hydrogen-bond acceptors (Lipinski definition) is 6. The van der Waals surface area contributed by atoms with E-state index < -0.39 is 0 Å². The van der Waals surface area contributed by atoms with E-state index in [1.165, 1.54) is 10.6 Å². The zero-order chi connectivity index (χ0) is 22.1. The average Bonchev–Trinajstić information content (AvgIpc) is 3.18. The normalized spacial score (nSPS) is 10.8. The fourth-order valence-electron chi connectivity index (χ4n) is 3.15. The van der Waals surface area contributed by atoms with E-state index in [4.69, 9.17) is 4.42 Å². The van der Waals surface area contributed by atoms with Crippen LogP contribution in [0.1, 0.15) is 18.4 Å². The molecule has 31 heavy (non-hydrogen) atoms. The number of hydrogen-bond donors (Lipinski definition) is 1. The Hall–Kier alpha value is -2.38. The van der Waals surface area contributed by atoms with Crippen molar-refractivity contribution in [1.82, 2.24) is 10.3 Å². The molecule has 0 bridgehead atoms. The number of para-hydroxylation sites is 1. The van der Waals surface area contributed by atoms with Crippen LogP contribution in [0.5, 0.6) is 0 Å². The highest BCUT2D eigenvalue weighted by Crippen LogP contribution is 2.26. The Morgan fingerprint density at radius 3 is 2.55 bits per heavy atom. The van der Waals surface area contributed by atoms with Crippen LogP contribution < -0.4 is 10.2 Å². The lowest BCUT2D eigenvalue weighted by atomic mass is 10.2. The Kier molecular flexibility index (Phi) is 8.91. The van der Waals surface area contributed by atoms with Crippen LogP contribution in [0.3, 0.4) is 0 Å². The fraction of sp³-hybridized carbons (Fsp3) is 0.333. The molecule has 1 N–H and O–H groups in total. The number of rotatable bonds is 11. The van der Waals surface area contributed by atoms with Gasteiger partial charge in [-0.3, -0.25) is 4.79 Å². The monoisotopic (exact) mass is 455 g/mol. The van der Waals surface area contributed by atoms with E-state index in [0.717, 1.165) is 30.1 Å². The Morgan fingerprint density at radius 2 is 1.87 bits per heavy atom. The molecule has 0 radical (unpaired) electrons. The zero-order valence-electron chi connectivity index (χ0n) is 18.3. The molecule has 7 heteroatoms. The fourth-order valence-corrected chi connectivity index (χ4v) is 4.41. The molecule has 0 aliphatic rings. The molecule has 164 valence electrons. The number of aromatic nitrogens is 1. The molecule has 0 atom stereocenters. The van der Waals surface area contributed by atoms with Crippen molar-refractivity contribution in [2.75, 3.05) is 36.5 Å². The van der Waals surface area contributed by atoms with Crippen LogP contribution in [0.2, 0.25) is 0 Å². The topological polar surface area (TPSA) is 58.4 Å². The summed E-state index contributed by atoms with van der Waals surface area (Å²) in [6.45, 7) is 6.36. The van der Waals surface area contributed by atoms with E-state index in [0.29, 0.717) is 23.9 Å². The van der Waals surface area contributed by atoms with Crippen molar-refractivity contribution in [3.05, 3.63) is 66.1 Å². The van der Waals surface area contributed by atoms with E-state index in [-0.39, 0.29) is 5.91 Å². The first kappa shape index (κ1) is 23.3. The second-order valence-electron chi connectivity index (χ2n) is 7.01. The summed E-state index contributed by atoms with van der Waals surface area (Å²) in [5, 5.41) is 3.01. The van der Waals surface area contributed by atoms with Crippen LogP contribution >= 0.6 is 23.5 Å². The summed E-state index contributed by atoms with van der Waals surface area (Å²) in [6, 6.07) is 18.4. The van der Waals surface area contributed by atoms with Gasteiger partial charge in [-0.05, 0) is 56.5 Å². The molecule has 0 spiro atoms.